The maximum absolute atomic E-state index is 8.73. The lowest BCUT2D eigenvalue weighted by atomic mass is 10.1. The zero-order valence-corrected chi connectivity index (χ0v) is 20.0. The van der Waals surface area contributed by atoms with Gasteiger partial charge >= 0.3 is 0 Å². The molecule has 0 unspecified atom stereocenters. The highest BCUT2D eigenvalue weighted by atomic mass is 15.3. The Kier molecular flexibility index (Phi) is 7.32. The molecule has 2 aliphatic heterocycles. The van der Waals surface area contributed by atoms with Gasteiger partial charge in [0.25, 0.3) is 0 Å². The van der Waals surface area contributed by atoms with Crippen LogP contribution >= 0.6 is 0 Å². The van der Waals surface area contributed by atoms with Crippen LogP contribution in [-0.4, -0.2) is 73.8 Å². The van der Waals surface area contributed by atoms with Gasteiger partial charge in [-0.1, -0.05) is 48.5 Å². The van der Waals surface area contributed by atoms with Crippen LogP contribution in [-0.2, 0) is 0 Å². The van der Waals surface area contributed by atoms with E-state index in [-0.39, 0.29) is 0 Å². The molecule has 0 bridgehead atoms. The van der Waals surface area contributed by atoms with Crippen LogP contribution in [0.4, 0.5) is 11.6 Å². The first-order chi connectivity index (χ1) is 17.3. The molecule has 0 saturated carbocycles. The Morgan fingerprint density at radius 3 is 1.74 bits per heavy atom. The second kappa shape index (κ2) is 11.1. The molecular weight excluding hydrogens is 434 g/mol. The van der Waals surface area contributed by atoms with E-state index in [1.807, 2.05) is 18.5 Å². The fraction of sp³-hybridized carbons (Fsp3) is 0.321. The van der Waals surface area contributed by atoms with Gasteiger partial charge < -0.3 is 15.1 Å². The van der Waals surface area contributed by atoms with Gasteiger partial charge in [0, 0.05) is 75.5 Å². The smallest absolute Gasteiger partial charge is 0.136 e. The standard InChI is InChI=1S/C15H16N4.C13H15N3/c16-6-8-18-9-11-19(12-10-18)15-14-4-2-1-3-13(14)5-7-17-15;1-2-4-12-11(3-1)5-6-15-13(12)16-9-7-14-8-10-16/h1-5,7H,8-12H2;1-6,14H,7-10H2. The maximum atomic E-state index is 8.73. The van der Waals surface area contributed by atoms with Crippen molar-refractivity contribution in [2.45, 2.75) is 0 Å². The fourth-order valence-electron chi connectivity index (χ4n) is 4.81. The summed E-state index contributed by atoms with van der Waals surface area (Å²) < 4.78 is 0. The van der Waals surface area contributed by atoms with Crippen molar-refractivity contribution >= 4 is 33.2 Å². The van der Waals surface area contributed by atoms with Crippen LogP contribution in [0.2, 0.25) is 0 Å². The molecule has 2 aromatic carbocycles. The molecular formula is C28H31N7. The normalized spacial score (nSPS) is 16.5. The summed E-state index contributed by atoms with van der Waals surface area (Å²) in [5, 5.41) is 17.0. The van der Waals surface area contributed by atoms with Gasteiger partial charge in [0.15, 0.2) is 0 Å². The van der Waals surface area contributed by atoms with Crippen LogP contribution in [0.5, 0.6) is 0 Å². The Hall–Kier alpha value is -3.73. The van der Waals surface area contributed by atoms with E-state index in [1.54, 1.807) is 0 Å². The summed E-state index contributed by atoms with van der Waals surface area (Å²) in [5.74, 6) is 2.19. The first kappa shape index (κ1) is 23.0. The first-order valence-electron chi connectivity index (χ1n) is 12.3. The van der Waals surface area contributed by atoms with E-state index in [0.717, 1.165) is 64.0 Å². The maximum Gasteiger partial charge on any atom is 0.136 e. The van der Waals surface area contributed by atoms with E-state index >= 15 is 0 Å². The number of hydrogen-bond acceptors (Lipinski definition) is 7. The number of anilines is 2. The highest BCUT2D eigenvalue weighted by Crippen LogP contribution is 2.25. The van der Waals surface area contributed by atoms with Crippen molar-refractivity contribution in [2.24, 2.45) is 0 Å². The Balaban J connectivity index is 0.000000147. The monoisotopic (exact) mass is 465 g/mol. The van der Waals surface area contributed by atoms with Gasteiger partial charge in [-0.3, -0.25) is 4.90 Å². The summed E-state index contributed by atoms with van der Waals surface area (Å²) in [4.78, 5) is 15.9. The molecule has 35 heavy (non-hydrogen) atoms. The fourth-order valence-corrected chi connectivity index (χ4v) is 4.81. The Bertz CT molecular complexity index is 1290. The lowest BCUT2D eigenvalue weighted by Gasteiger charge is -2.34. The summed E-state index contributed by atoms with van der Waals surface area (Å²) in [7, 11) is 0. The number of nitriles is 1. The van der Waals surface area contributed by atoms with Gasteiger partial charge in [-0.15, -0.1) is 0 Å². The topological polar surface area (TPSA) is 71.3 Å². The van der Waals surface area contributed by atoms with Crippen molar-refractivity contribution in [3.8, 4) is 6.07 Å². The van der Waals surface area contributed by atoms with Crippen molar-refractivity contribution in [1.29, 1.82) is 5.26 Å². The average molecular weight is 466 g/mol. The summed E-state index contributed by atoms with van der Waals surface area (Å²) in [5.41, 5.74) is 0. The number of aromatic nitrogens is 2. The average Bonchev–Trinajstić information content (AvgIpc) is 2.94. The van der Waals surface area contributed by atoms with E-state index in [9.17, 15) is 0 Å². The van der Waals surface area contributed by atoms with Crippen molar-refractivity contribution in [3.63, 3.8) is 0 Å². The lowest BCUT2D eigenvalue weighted by Crippen LogP contribution is -2.46. The lowest BCUT2D eigenvalue weighted by molar-refractivity contribution is 0.286. The number of rotatable bonds is 3. The minimum atomic E-state index is 0.525. The first-order valence-corrected chi connectivity index (χ1v) is 12.3. The predicted molar refractivity (Wildman–Crippen MR) is 143 cm³/mol. The number of nitrogens with one attached hydrogen (secondary N) is 1. The van der Waals surface area contributed by atoms with E-state index in [4.69, 9.17) is 5.26 Å². The summed E-state index contributed by atoms with van der Waals surface area (Å²) >= 11 is 0. The largest absolute Gasteiger partial charge is 0.354 e. The molecule has 1 N–H and O–H groups in total. The molecule has 178 valence electrons. The summed E-state index contributed by atoms with van der Waals surface area (Å²) in [6.45, 7) is 8.43. The van der Waals surface area contributed by atoms with E-state index in [1.165, 1.54) is 21.5 Å². The molecule has 0 aliphatic carbocycles. The van der Waals surface area contributed by atoms with Crippen LogP contribution in [0.15, 0.2) is 73.1 Å². The highest BCUT2D eigenvalue weighted by molar-refractivity contribution is 5.92. The highest BCUT2D eigenvalue weighted by Gasteiger charge is 2.19. The van der Waals surface area contributed by atoms with Gasteiger partial charge in [-0.25, -0.2) is 9.97 Å². The number of benzene rings is 2. The third-order valence-electron chi connectivity index (χ3n) is 6.69. The van der Waals surface area contributed by atoms with Crippen molar-refractivity contribution in [1.82, 2.24) is 20.2 Å². The number of piperazine rings is 2. The Labute approximate surface area is 206 Å². The summed E-state index contributed by atoms with van der Waals surface area (Å²) in [6, 6.07) is 23.1. The van der Waals surface area contributed by atoms with Gasteiger partial charge in [0.1, 0.15) is 11.6 Å². The van der Waals surface area contributed by atoms with E-state index < -0.39 is 0 Å². The molecule has 0 spiro atoms. The molecule has 2 saturated heterocycles. The summed E-state index contributed by atoms with van der Waals surface area (Å²) in [6.07, 6.45) is 3.78. The second-order valence-electron chi connectivity index (χ2n) is 8.87. The van der Waals surface area contributed by atoms with Crippen LogP contribution in [0.1, 0.15) is 0 Å². The zero-order valence-electron chi connectivity index (χ0n) is 20.0. The van der Waals surface area contributed by atoms with E-state index in [2.05, 4.69) is 90.7 Å². The molecule has 4 heterocycles. The molecule has 0 amide bonds. The van der Waals surface area contributed by atoms with E-state index in [0.29, 0.717) is 6.54 Å². The third-order valence-corrected chi connectivity index (χ3v) is 6.69. The van der Waals surface area contributed by atoms with Crippen LogP contribution in [0.25, 0.3) is 21.5 Å². The zero-order chi connectivity index (χ0) is 23.9. The molecule has 2 aliphatic rings. The van der Waals surface area contributed by atoms with Gasteiger partial charge in [0.05, 0.1) is 12.6 Å². The quantitative estimate of drug-likeness (QED) is 0.464. The van der Waals surface area contributed by atoms with Gasteiger partial charge in [-0.2, -0.15) is 5.26 Å². The third kappa shape index (κ3) is 5.35. The van der Waals surface area contributed by atoms with Crippen molar-refractivity contribution in [3.05, 3.63) is 73.1 Å². The minimum absolute atomic E-state index is 0.525. The Morgan fingerprint density at radius 1 is 0.686 bits per heavy atom. The number of pyridine rings is 2. The SMILES string of the molecule is N#CCN1CCN(c2nccc3ccccc23)CC1.c1ccc2c(N3CCNCC3)nccc2c1. The molecule has 4 aromatic rings. The van der Waals surface area contributed by atoms with Crippen LogP contribution < -0.4 is 15.1 Å². The molecule has 2 fully saturated rings. The molecule has 0 radical (unpaired) electrons. The van der Waals surface area contributed by atoms with Crippen LogP contribution in [0, 0.1) is 11.3 Å². The Morgan fingerprint density at radius 2 is 1.20 bits per heavy atom. The second-order valence-corrected chi connectivity index (χ2v) is 8.87. The molecule has 7 nitrogen and oxygen atoms in total. The molecule has 2 aromatic heterocycles. The molecule has 6 rings (SSSR count). The molecule has 0 atom stereocenters. The van der Waals surface area contributed by atoms with Crippen molar-refractivity contribution in [2.75, 3.05) is 68.7 Å². The van der Waals surface area contributed by atoms with Crippen molar-refractivity contribution < 1.29 is 0 Å². The predicted octanol–water partition coefficient (Wildman–Crippen LogP) is 3.52. The van der Waals surface area contributed by atoms with Gasteiger partial charge in [-0.05, 0) is 22.9 Å². The van der Waals surface area contributed by atoms with Gasteiger partial charge in [0.2, 0.25) is 0 Å². The van der Waals surface area contributed by atoms with Crippen LogP contribution in [0.3, 0.4) is 0 Å². The number of hydrogen-bond donors (Lipinski definition) is 1. The molecule has 7 heteroatoms. The number of nitrogens with zero attached hydrogens (tertiary/aromatic N) is 6. The number of fused-ring (bicyclic) bond motifs is 2. The minimum Gasteiger partial charge on any atom is -0.354 e.